The van der Waals surface area contributed by atoms with Gasteiger partial charge in [0.25, 0.3) is 0 Å². The summed E-state index contributed by atoms with van der Waals surface area (Å²) in [6.45, 7) is 16.4. The minimum atomic E-state index is -0.495. The fourth-order valence-electron chi connectivity index (χ4n) is 0.321. The predicted octanol–water partition coefficient (Wildman–Crippen LogP) is 1.28. The Morgan fingerprint density at radius 3 is 1.41 bits per heavy atom. The second kappa shape index (κ2) is 46.8. The first-order valence-corrected chi connectivity index (χ1v) is 3.45. The third kappa shape index (κ3) is 73.9. The Hall–Kier alpha value is -1.40. The van der Waals surface area contributed by atoms with Crippen LogP contribution >= 0.6 is 0 Å². The molecule has 0 saturated carbocycles. The van der Waals surface area contributed by atoms with Crippen LogP contribution < -0.4 is 0 Å². The van der Waals surface area contributed by atoms with Crippen molar-refractivity contribution in [2.24, 2.45) is 0 Å². The monoisotopic (exact) mass is 320 g/mol. The van der Waals surface area contributed by atoms with Crippen molar-refractivity contribution < 1.29 is 44.6 Å². The average Bonchev–Trinajstić information content (AvgIpc) is 2.95. The molecular formula is C11H10MoO5-2. The molecule has 0 bridgehead atoms. The summed E-state index contributed by atoms with van der Waals surface area (Å²) in [5.74, 6) is -0.495. The summed E-state index contributed by atoms with van der Waals surface area (Å²) < 4.78 is 26.5. The van der Waals surface area contributed by atoms with Gasteiger partial charge in [0.05, 0.1) is 7.11 Å². The van der Waals surface area contributed by atoms with Crippen LogP contribution in [0, 0.1) is 26.9 Å². The maximum absolute atomic E-state index is 9.48. The van der Waals surface area contributed by atoms with E-state index in [4.69, 9.17) is 14.0 Å². The van der Waals surface area contributed by atoms with Gasteiger partial charge in [-0.1, -0.05) is 0 Å². The molecule has 0 saturated heterocycles. The molecule has 0 amide bonds. The molecule has 1 aromatic rings. The number of rotatable bonds is 0. The summed E-state index contributed by atoms with van der Waals surface area (Å²) in [5.41, 5.74) is 0. The quantitative estimate of drug-likeness (QED) is 0.312. The van der Waals surface area contributed by atoms with Crippen LogP contribution in [0.2, 0.25) is 0 Å². The van der Waals surface area contributed by atoms with Gasteiger partial charge in [0.15, 0.2) is 5.97 Å². The van der Waals surface area contributed by atoms with E-state index in [1.165, 1.54) is 7.11 Å². The van der Waals surface area contributed by atoms with E-state index in [0.29, 0.717) is 0 Å². The van der Waals surface area contributed by atoms with Gasteiger partial charge in [-0.25, -0.2) is 12.1 Å². The molecule has 0 atom stereocenters. The van der Waals surface area contributed by atoms with E-state index in [0.717, 1.165) is 0 Å². The Bertz CT molecular complexity index is 230. The second-order valence-corrected chi connectivity index (χ2v) is 1.54. The molecule has 0 radical (unpaired) electrons. The molecule has 0 N–H and O–H groups in total. The van der Waals surface area contributed by atoms with Gasteiger partial charge in [-0.05, 0) is 0 Å². The SMILES string of the molecule is [C-]#[O+].[C-]#[O+].[C-]#[O+].[CH2-]C(=O)OC.[Mo].c1cc[cH-]c1. The number of esters is 1. The van der Waals surface area contributed by atoms with Crippen molar-refractivity contribution in [1.29, 1.82) is 0 Å². The number of ether oxygens (including phenoxy) is 1. The van der Waals surface area contributed by atoms with Crippen LogP contribution in [0.1, 0.15) is 0 Å². The van der Waals surface area contributed by atoms with Crippen LogP contribution in [-0.4, -0.2) is 13.1 Å². The first-order chi connectivity index (χ1) is 7.77. The summed E-state index contributed by atoms with van der Waals surface area (Å²) in [4.78, 5) is 9.48. The number of hydrogen-bond acceptors (Lipinski definition) is 2. The van der Waals surface area contributed by atoms with E-state index in [-0.39, 0.29) is 21.1 Å². The molecule has 0 aromatic heterocycles. The van der Waals surface area contributed by atoms with Gasteiger partial charge in [0, 0.05) is 21.1 Å². The Kier molecular flexibility index (Phi) is 81.4. The number of carbonyl (C=O) groups excluding carboxylic acids is 1. The molecule has 0 fully saturated rings. The number of hydrogen-bond donors (Lipinski definition) is 0. The van der Waals surface area contributed by atoms with Crippen LogP contribution in [0.5, 0.6) is 0 Å². The molecule has 0 unspecified atom stereocenters. The van der Waals surface area contributed by atoms with Crippen molar-refractivity contribution in [2.75, 3.05) is 7.11 Å². The Morgan fingerprint density at radius 1 is 1.12 bits per heavy atom. The van der Waals surface area contributed by atoms with Crippen molar-refractivity contribution in [2.45, 2.75) is 0 Å². The maximum Gasteiger partial charge on any atom is 0.164 e. The van der Waals surface area contributed by atoms with E-state index in [1.807, 2.05) is 30.3 Å². The topological polar surface area (TPSA) is 86.0 Å². The average molecular weight is 318 g/mol. The van der Waals surface area contributed by atoms with E-state index in [1.54, 1.807) is 0 Å². The molecule has 0 heterocycles. The molecular weight excluding hydrogens is 308 g/mol. The van der Waals surface area contributed by atoms with Gasteiger partial charge in [0.1, 0.15) is 0 Å². The molecule has 1 aromatic carbocycles. The van der Waals surface area contributed by atoms with Crippen LogP contribution in [0.25, 0.3) is 0 Å². The molecule has 0 spiro atoms. The van der Waals surface area contributed by atoms with E-state index in [9.17, 15) is 4.79 Å². The van der Waals surface area contributed by atoms with Crippen LogP contribution in [0.4, 0.5) is 0 Å². The summed E-state index contributed by atoms with van der Waals surface area (Å²) in [6, 6.07) is 10.0. The molecule has 17 heavy (non-hydrogen) atoms. The summed E-state index contributed by atoms with van der Waals surface area (Å²) in [5, 5.41) is 0. The number of methoxy groups -OCH3 is 1. The Morgan fingerprint density at radius 2 is 1.35 bits per heavy atom. The van der Waals surface area contributed by atoms with Gasteiger partial charge in [-0.3, -0.25) is 11.7 Å². The summed E-state index contributed by atoms with van der Waals surface area (Å²) in [6.07, 6.45) is 0. The van der Waals surface area contributed by atoms with Gasteiger partial charge in [-0.15, -0.1) is 0 Å². The van der Waals surface area contributed by atoms with Gasteiger partial charge < -0.3 is 4.74 Å². The van der Waals surface area contributed by atoms with Crippen molar-refractivity contribution in [3.63, 3.8) is 0 Å². The first kappa shape index (κ1) is 29.6. The van der Waals surface area contributed by atoms with E-state index >= 15 is 0 Å². The minimum absolute atomic E-state index is 0. The summed E-state index contributed by atoms with van der Waals surface area (Å²) in [7, 11) is 1.29. The fourth-order valence-corrected chi connectivity index (χ4v) is 0.321. The zero-order valence-electron chi connectivity index (χ0n) is 9.04. The zero-order valence-corrected chi connectivity index (χ0v) is 11.1. The van der Waals surface area contributed by atoms with Crippen molar-refractivity contribution in [3.8, 4) is 0 Å². The normalized spacial score (nSPS) is 4.65. The molecule has 0 aliphatic carbocycles. The van der Waals surface area contributed by atoms with Crippen LogP contribution in [-0.2, 0) is 44.6 Å². The third-order valence-corrected chi connectivity index (χ3v) is 0.783. The molecule has 1 rings (SSSR count). The summed E-state index contributed by atoms with van der Waals surface area (Å²) >= 11 is 0. The van der Waals surface area contributed by atoms with Crippen molar-refractivity contribution in [1.82, 2.24) is 0 Å². The van der Waals surface area contributed by atoms with Crippen molar-refractivity contribution >= 4 is 5.97 Å². The van der Waals surface area contributed by atoms with Gasteiger partial charge in [-0.2, -0.15) is 18.2 Å². The molecule has 0 aliphatic heterocycles. The smallest absolute Gasteiger partial charge is 0.164 e. The number of carbonyl (C=O) groups is 1. The van der Waals surface area contributed by atoms with Gasteiger partial charge >= 0.3 is 33.9 Å². The van der Waals surface area contributed by atoms with E-state index in [2.05, 4.69) is 31.6 Å². The largest absolute Gasteiger partial charge is 0.492 e. The van der Waals surface area contributed by atoms with Crippen LogP contribution in [0.3, 0.4) is 0 Å². The molecule has 5 nitrogen and oxygen atoms in total. The predicted molar refractivity (Wildman–Crippen MR) is 51.2 cm³/mol. The van der Waals surface area contributed by atoms with Crippen LogP contribution in [0.15, 0.2) is 30.3 Å². The second-order valence-electron chi connectivity index (χ2n) is 1.54. The standard InChI is InChI=1S/C5H5.C3H5O2.3CO.Mo/c1-2-4-5-3-1;1-3(4)5-2;3*1-2;/h1-5H;1H2,2H3;;;;/q2*-1;;;;. The third-order valence-electron chi connectivity index (χ3n) is 0.783. The molecule has 0 aliphatic rings. The van der Waals surface area contributed by atoms with Gasteiger partial charge in [0.2, 0.25) is 0 Å². The Labute approximate surface area is 115 Å². The Balaban J connectivity index is -0.0000000380. The molecule has 6 heteroatoms. The van der Waals surface area contributed by atoms with E-state index < -0.39 is 5.97 Å². The van der Waals surface area contributed by atoms with Crippen molar-refractivity contribution in [3.05, 3.63) is 57.2 Å². The fraction of sp³-hybridized carbons (Fsp3) is 0.0909. The molecule has 92 valence electrons. The maximum atomic E-state index is 9.48. The zero-order chi connectivity index (χ0) is 13.8. The first-order valence-electron chi connectivity index (χ1n) is 3.45. The minimum Gasteiger partial charge on any atom is -0.492 e.